The molecule has 2 rings (SSSR count). The molecule has 2 aromatic carbocycles. The third-order valence-electron chi connectivity index (χ3n) is 1.96. The number of halogens is 3. The Labute approximate surface area is 119 Å². The van der Waals surface area contributed by atoms with Crippen LogP contribution < -0.4 is 4.74 Å². The van der Waals surface area contributed by atoms with Crippen LogP contribution in [0.5, 0.6) is 11.5 Å². The summed E-state index contributed by atoms with van der Waals surface area (Å²) in [6.45, 7) is 0. The molecule has 0 unspecified atom stereocenters. The summed E-state index contributed by atoms with van der Waals surface area (Å²) in [5.74, 6) is 1.60. The van der Waals surface area contributed by atoms with E-state index in [2.05, 4.69) is 47.8 Å². The molecule has 0 aliphatic carbocycles. The van der Waals surface area contributed by atoms with Gasteiger partial charge >= 0.3 is 0 Å². The molecule has 82 valence electrons. The van der Waals surface area contributed by atoms with Gasteiger partial charge in [-0.3, -0.25) is 0 Å². The monoisotopic (exact) mass is 404 g/mol. The van der Waals surface area contributed by atoms with Crippen molar-refractivity contribution in [3.8, 4) is 11.5 Å². The zero-order valence-corrected chi connectivity index (χ0v) is 12.8. The highest BCUT2D eigenvalue weighted by atomic mass is 79.9. The highest BCUT2D eigenvalue weighted by Gasteiger charge is 2.05. The van der Waals surface area contributed by atoms with E-state index in [9.17, 15) is 0 Å². The predicted octanol–water partition coefficient (Wildman–Crippen LogP) is 5.77. The van der Waals surface area contributed by atoms with E-state index < -0.39 is 0 Å². The molecule has 0 atom stereocenters. The Bertz CT molecular complexity index is 494. The molecule has 0 radical (unpaired) electrons. The van der Waals surface area contributed by atoms with E-state index in [4.69, 9.17) is 4.74 Å². The van der Waals surface area contributed by atoms with Crippen molar-refractivity contribution in [2.24, 2.45) is 0 Å². The Morgan fingerprint density at radius 3 is 2.19 bits per heavy atom. The Balaban J connectivity index is 2.27. The van der Waals surface area contributed by atoms with E-state index in [0.717, 1.165) is 24.9 Å². The quantitative estimate of drug-likeness (QED) is 0.615. The molecule has 0 heterocycles. The molecule has 16 heavy (non-hydrogen) atoms. The van der Waals surface area contributed by atoms with Crippen LogP contribution in [-0.2, 0) is 0 Å². The van der Waals surface area contributed by atoms with Gasteiger partial charge in [0.2, 0.25) is 0 Å². The number of rotatable bonds is 2. The summed E-state index contributed by atoms with van der Waals surface area (Å²) < 4.78 is 8.67. The number of ether oxygens (including phenoxy) is 1. The standard InChI is InChI=1S/C12H7Br3O/c13-8-4-6-9(7-5-8)16-11-3-1-2-10(14)12(11)15/h1-7H. The summed E-state index contributed by atoms with van der Waals surface area (Å²) in [7, 11) is 0. The average Bonchev–Trinajstić information content (AvgIpc) is 2.28. The van der Waals surface area contributed by atoms with Crippen molar-refractivity contribution in [3.05, 3.63) is 55.9 Å². The molecule has 0 aliphatic heterocycles. The van der Waals surface area contributed by atoms with E-state index in [0.29, 0.717) is 0 Å². The summed E-state index contributed by atoms with van der Waals surface area (Å²) in [6.07, 6.45) is 0. The fourth-order valence-electron chi connectivity index (χ4n) is 1.19. The van der Waals surface area contributed by atoms with Crippen LogP contribution in [0.2, 0.25) is 0 Å². The lowest BCUT2D eigenvalue weighted by atomic mass is 10.3. The van der Waals surface area contributed by atoms with Crippen molar-refractivity contribution in [1.29, 1.82) is 0 Å². The van der Waals surface area contributed by atoms with Gasteiger partial charge in [0.05, 0.1) is 4.47 Å². The smallest absolute Gasteiger partial charge is 0.142 e. The second-order valence-corrected chi connectivity index (χ2v) is 5.67. The maximum absolute atomic E-state index is 5.75. The van der Waals surface area contributed by atoms with Crippen LogP contribution in [0.4, 0.5) is 0 Å². The molecule has 0 aliphatic rings. The first-order valence-corrected chi connectivity index (χ1v) is 6.92. The lowest BCUT2D eigenvalue weighted by Gasteiger charge is -2.08. The van der Waals surface area contributed by atoms with Gasteiger partial charge in [-0.25, -0.2) is 0 Å². The zero-order valence-electron chi connectivity index (χ0n) is 8.08. The van der Waals surface area contributed by atoms with E-state index in [1.165, 1.54) is 0 Å². The minimum atomic E-state index is 0.789. The van der Waals surface area contributed by atoms with Gasteiger partial charge < -0.3 is 4.74 Å². The number of hydrogen-bond acceptors (Lipinski definition) is 1. The van der Waals surface area contributed by atoms with Crippen molar-refractivity contribution in [1.82, 2.24) is 0 Å². The molecule has 2 aromatic rings. The summed E-state index contributed by atoms with van der Waals surface area (Å²) in [5.41, 5.74) is 0. The van der Waals surface area contributed by atoms with Gasteiger partial charge in [-0.1, -0.05) is 22.0 Å². The summed E-state index contributed by atoms with van der Waals surface area (Å²) in [5, 5.41) is 0. The first-order chi connectivity index (χ1) is 7.66. The molecule has 1 nitrogen and oxygen atoms in total. The summed E-state index contributed by atoms with van der Waals surface area (Å²) >= 11 is 10.3. The minimum Gasteiger partial charge on any atom is -0.456 e. The molecule has 0 amide bonds. The third-order valence-corrected chi connectivity index (χ3v) is 4.50. The van der Waals surface area contributed by atoms with Crippen molar-refractivity contribution in [2.75, 3.05) is 0 Å². The Hall–Kier alpha value is -0.320. The number of benzene rings is 2. The molecule has 0 saturated heterocycles. The summed E-state index contributed by atoms with van der Waals surface area (Å²) in [4.78, 5) is 0. The molecule has 0 N–H and O–H groups in total. The van der Waals surface area contributed by atoms with Crippen LogP contribution in [-0.4, -0.2) is 0 Å². The highest BCUT2D eigenvalue weighted by Crippen LogP contribution is 2.35. The molecule has 0 bridgehead atoms. The molecule has 0 aromatic heterocycles. The van der Waals surface area contributed by atoms with Crippen molar-refractivity contribution in [3.63, 3.8) is 0 Å². The van der Waals surface area contributed by atoms with Gasteiger partial charge in [0, 0.05) is 8.95 Å². The van der Waals surface area contributed by atoms with E-state index in [1.807, 2.05) is 42.5 Å². The predicted molar refractivity (Wildman–Crippen MR) is 76.1 cm³/mol. The van der Waals surface area contributed by atoms with Gasteiger partial charge in [-0.05, 0) is 68.3 Å². The van der Waals surface area contributed by atoms with Crippen molar-refractivity contribution in [2.45, 2.75) is 0 Å². The van der Waals surface area contributed by atoms with E-state index >= 15 is 0 Å². The van der Waals surface area contributed by atoms with Gasteiger partial charge in [0.15, 0.2) is 0 Å². The normalized spacial score (nSPS) is 10.2. The molecule has 0 saturated carbocycles. The topological polar surface area (TPSA) is 9.23 Å². The average molecular weight is 407 g/mol. The highest BCUT2D eigenvalue weighted by molar-refractivity contribution is 9.13. The maximum atomic E-state index is 5.75. The second-order valence-electron chi connectivity index (χ2n) is 3.11. The molecular weight excluding hydrogens is 400 g/mol. The molecular formula is C12H7Br3O. The SMILES string of the molecule is Brc1ccc(Oc2cccc(Br)c2Br)cc1. The van der Waals surface area contributed by atoms with Crippen molar-refractivity contribution >= 4 is 47.8 Å². The first-order valence-electron chi connectivity index (χ1n) is 4.54. The van der Waals surface area contributed by atoms with Crippen LogP contribution >= 0.6 is 47.8 Å². The molecule has 4 heteroatoms. The van der Waals surface area contributed by atoms with Crippen LogP contribution in [0.15, 0.2) is 55.9 Å². The van der Waals surface area contributed by atoms with E-state index in [1.54, 1.807) is 0 Å². The first kappa shape index (κ1) is 12.1. The van der Waals surface area contributed by atoms with Crippen LogP contribution in [0, 0.1) is 0 Å². The molecule has 0 spiro atoms. The van der Waals surface area contributed by atoms with Crippen molar-refractivity contribution < 1.29 is 4.74 Å². The fourth-order valence-corrected chi connectivity index (χ4v) is 2.15. The second kappa shape index (κ2) is 5.34. The lowest BCUT2D eigenvalue weighted by Crippen LogP contribution is -1.85. The van der Waals surface area contributed by atoms with Crippen LogP contribution in [0.3, 0.4) is 0 Å². The van der Waals surface area contributed by atoms with Crippen LogP contribution in [0.25, 0.3) is 0 Å². The Morgan fingerprint density at radius 2 is 1.50 bits per heavy atom. The van der Waals surface area contributed by atoms with E-state index in [-0.39, 0.29) is 0 Å². The van der Waals surface area contributed by atoms with Gasteiger partial charge in [-0.2, -0.15) is 0 Å². The Kier molecular flexibility index (Phi) is 4.05. The lowest BCUT2D eigenvalue weighted by molar-refractivity contribution is 0.479. The third kappa shape index (κ3) is 2.87. The number of hydrogen-bond donors (Lipinski definition) is 0. The Morgan fingerprint density at radius 1 is 0.812 bits per heavy atom. The largest absolute Gasteiger partial charge is 0.456 e. The maximum Gasteiger partial charge on any atom is 0.142 e. The van der Waals surface area contributed by atoms with Gasteiger partial charge in [0.1, 0.15) is 11.5 Å². The van der Waals surface area contributed by atoms with Crippen LogP contribution in [0.1, 0.15) is 0 Å². The van der Waals surface area contributed by atoms with Gasteiger partial charge in [-0.15, -0.1) is 0 Å². The molecule has 0 fully saturated rings. The summed E-state index contributed by atoms with van der Waals surface area (Å²) in [6, 6.07) is 13.5. The minimum absolute atomic E-state index is 0.789. The van der Waals surface area contributed by atoms with Gasteiger partial charge in [0.25, 0.3) is 0 Å². The fraction of sp³-hybridized carbons (Fsp3) is 0. The zero-order chi connectivity index (χ0) is 11.5.